The molecular weight excluding hydrogens is 394 g/mol. The highest BCUT2D eigenvalue weighted by molar-refractivity contribution is 5.93. The van der Waals surface area contributed by atoms with Crippen LogP contribution in [0.2, 0.25) is 0 Å². The minimum absolute atomic E-state index is 0.266. The van der Waals surface area contributed by atoms with Gasteiger partial charge in [0.15, 0.2) is 0 Å². The van der Waals surface area contributed by atoms with E-state index in [9.17, 15) is 14.7 Å². The zero-order valence-electron chi connectivity index (χ0n) is 18.4. The van der Waals surface area contributed by atoms with Gasteiger partial charge in [0, 0.05) is 35.1 Å². The molecule has 0 amide bonds. The third-order valence-electron chi connectivity index (χ3n) is 5.31. The second-order valence-electron chi connectivity index (χ2n) is 7.76. The molecule has 0 atom stereocenters. The Morgan fingerprint density at radius 1 is 1.10 bits per heavy atom. The Bertz CT molecular complexity index is 1170. The zero-order valence-corrected chi connectivity index (χ0v) is 18.4. The molecule has 31 heavy (non-hydrogen) atoms. The van der Waals surface area contributed by atoms with Gasteiger partial charge in [0.05, 0.1) is 19.8 Å². The molecular formula is C25H27NO5. The second kappa shape index (κ2) is 9.08. The van der Waals surface area contributed by atoms with Crippen molar-refractivity contribution in [1.29, 1.82) is 0 Å². The molecule has 0 saturated carbocycles. The minimum atomic E-state index is -0.935. The van der Waals surface area contributed by atoms with Gasteiger partial charge in [-0.05, 0) is 67.8 Å². The molecule has 3 rings (SSSR count). The molecule has 6 nitrogen and oxygen atoms in total. The fourth-order valence-corrected chi connectivity index (χ4v) is 3.65. The van der Waals surface area contributed by atoms with E-state index in [4.69, 9.17) is 9.47 Å². The standard InChI is InChI=1S/C25H27NO5/c1-15(2)26-14-20(12-18-7-8-19(25(29)31-5)13-23(18)30-4)21-11-17(6-9-22(21)26)10-16(3)24(27)28/h6-11,13-15H,12H2,1-5H3,(H,27,28)/b16-10+. The number of rotatable bonds is 7. The lowest BCUT2D eigenvalue weighted by atomic mass is 10.0. The van der Waals surface area contributed by atoms with Gasteiger partial charge in [-0.2, -0.15) is 0 Å². The lowest BCUT2D eigenvalue weighted by molar-refractivity contribution is -0.132. The molecule has 1 N–H and O–H groups in total. The summed E-state index contributed by atoms with van der Waals surface area (Å²) >= 11 is 0. The van der Waals surface area contributed by atoms with Crippen molar-refractivity contribution in [3.63, 3.8) is 0 Å². The quantitative estimate of drug-likeness (QED) is 0.424. The monoisotopic (exact) mass is 421 g/mol. The molecule has 0 saturated heterocycles. The maximum absolute atomic E-state index is 11.8. The fourth-order valence-electron chi connectivity index (χ4n) is 3.65. The summed E-state index contributed by atoms with van der Waals surface area (Å²) in [6.45, 7) is 5.83. The second-order valence-corrected chi connectivity index (χ2v) is 7.76. The zero-order chi connectivity index (χ0) is 22.7. The highest BCUT2D eigenvalue weighted by Gasteiger charge is 2.16. The van der Waals surface area contributed by atoms with Crippen LogP contribution in [0.3, 0.4) is 0 Å². The maximum atomic E-state index is 11.8. The number of fused-ring (bicyclic) bond motifs is 1. The van der Waals surface area contributed by atoms with Crippen molar-refractivity contribution in [2.75, 3.05) is 14.2 Å². The van der Waals surface area contributed by atoms with E-state index < -0.39 is 11.9 Å². The molecule has 2 aromatic carbocycles. The van der Waals surface area contributed by atoms with Gasteiger partial charge in [-0.1, -0.05) is 12.1 Å². The van der Waals surface area contributed by atoms with Crippen LogP contribution in [0.25, 0.3) is 17.0 Å². The van der Waals surface area contributed by atoms with Gasteiger partial charge in [-0.3, -0.25) is 0 Å². The number of carbonyl (C=O) groups excluding carboxylic acids is 1. The van der Waals surface area contributed by atoms with E-state index in [0.29, 0.717) is 17.7 Å². The summed E-state index contributed by atoms with van der Waals surface area (Å²) in [5.74, 6) is -0.729. The molecule has 0 aliphatic rings. The maximum Gasteiger partial charge on any atom is 0.337 e. The predicted octanol–water partition coefficient (Wildman–Crippen LogP) is 5.10. The summed E-state index contributed by atoms with van der Waals surface area (Å²) in [4.78, 5) is 23.1. The van der Waals surface area contributed by atoms with E-state index >= 15 is 0 Å². The van der Waals surface area contributed by atoms with Gasteiger partial charge >= 0.3 is 11.9 Å². The molecule has 6 heteroatoms. The van der Waals surface area contributed by atoms with E-state index in [2.05, 4.69) is 24.6 Å². The van der Waals surface area contributed by atoms with Crippen molar-refractivity contribution in [3.05, 3.63) is 70.4 Å². The van der Waals surface area contributed by atoms with Crippen LogP contribution in [0.5, 0.6) is 5.75 Å². The molecule has 0 spiro atoms. The molecule has 1 aromatic heterocycles. The molecule has 3 aromatic rings. The number of carboxylic acid groups (broad SMARTS) is 1. The van der Waals surface area contributed by atoms with Crippen LogP contribution in [0.15, 0.2) is 48.2 Å². The third kappa shape index (κ3) is 4.63. The number of hydrogen-bond donors (Lipinski definition) is 1. The number of ether oxygens (including phenoxy) is 2. The third-order valence-corrected chi connectivity index (χ3v) is 5.31. The first-order chi connectivity index (χ1) is 14.7. The summed E-state index contributed by atoms with van der Waals surface area (Å²) in [6.07, 6.45) is 4.40. The first kappa shape index (κ1) is 22.2. The Labute approximate surface area is 181 Å². The Morgan fingerprint density at radius 3 is 2.45 bits per heavy atom. The average molecular weight is 421 g/mol. The van der Waals surface area contributed by atoms with E-state index in [1.54, 1.807) is 32.2 Å². The highest BCUT2D eigenvalue weighted by Crippen LogP contribution is 2.31. The number of aliphatic carboxylic acids is 1. The first-order valence-corrected chi connectivity index (χ1v) is 10.1. The number of carboxylic acids is 1. The average Bonchev–Trinajstić information content (AvgIpc) is 3.11. The van der Waals surface area contributed by atoms with Crippen LogP contribution < -0.4 is 4.74 Å². The SMILES string of the molecule is COC(=O)c1ccc(Cc2cn(C(C)C)c3ccc(/C=C(\C)C(=O)O)cc23)c(OC)c1. The summed E-state index contributed by atoms with van der Waals surface area (Å²) in [6, 6.07) is 11.5. The molecule has 1 heterocycles. The van der Waals surface area contributed by atoms with Crippen LogP contribution in [-0.4, -0.2) is 35.8 Å². The topological polar surface area (TPSA) is 77.8 Å². The summed E-state index contributed by atoms with van der Waals surface area (Å²) in [5.41, 5.74) is 4.67. The van der Waals surface area contributed by atoms with Crippen LogP contribution in [0.4, 0.5) is 0 Å². The molecule has 0 aliphatic carbocycles. The predicted molar refractivity (Wildman–Crippen MR) is 121 cm³/mol. The smallest absolute Gasteiger partial charge is 0.337 e. The number of hydrogen-bond acceptors (Lipinski definition) is 4. The molecule has 0 fully saturated rings. The lowest BCUT2D eigenvalue weighted by Crippen LogP contribution is -2.03. The van der Waals surface area contributed by atoms with Crippen LogP contribution >= 0.6 is 0 Å². The number of aromatic nitrogens is 1. The van der Waals surface area contributed by atoms with Crippen molar-refractivity contribution in [3.8, 4) is 5.75 Å². The van der Waals surface area contributed by atoms with Crippen molar-refractivity contribution in [1.82, 2.24) is 4.57 Å². The van der Waals surface area contributed by atoms with Gasteiger partial charge in [0.2, 0.25) is 0 Å². The van der Waals surface area contributed by atoms with Gasteiger partial charge in [0.25, 0.3) is 0 Å². The number of carbonyl (C=O) groups is 2. The Kier molecular flexibility index (Phi) is 6.49. The molecule has 0 radical (unpaired) electrons. The Hall–Kier alpha value is -3.54. The van der Waals surface area contributed by atoms with Crippen molar-refractivity contribution in [2.24, 2.45) is 0 Å². The van der Waals surface area contributed by atoms with Gasteiger partial charge < -0.3 is 19.1 Å². The van der Waals surface area contributed by atoms with Crippen LogP contribution in [-0.2, 0) is 16.0 Å². The molecule has 0 unspecified atom stereocenters. The summed E-state index contributed by atoms with van der Waals surface area (Å²) < 4.78 is 12.5. The Balaban J connectivity index is 2.10. The minimum Gasteiger partial charge on any atom is -0.496 e. The Morgan fingerprint density at radius 2 is 1.84 bits per heavy atom. The number of esters is 1. The van der Waals surface area contributed by atoms with E-state index in [0.717, 1.165) is 27.6 Å². The number of methoxy groups -OCH3 is 2. The summed E-state index contributed by atoms with van der Waals surface area (Å²) in [5, 5.41) is 10.3. The van der Waals surface area contributed by atoms with Gasteiger partial charge in [0.1, 0.15) is 5.75 Å². The van der Waals surface area contributed by atoms with Crippen molar-refractivity contribution >= 4 is 28.9 Å². The van der Waals surface area contributed by atoms with Crippen molar-refractivity contribution in [2.45, 2.75) is 33.2 Å². The highest BCUT2D eigenvalue weighted by atomic mass is 16.5. The van der Waals surface area contributed by atoms with E-state index in [-0.39, 0.29) is 11.6 Å². The van der Waals surface area contributed by atoms with Crippen LogP contribution in [0, 0.1) is 0 Å². The fraction of sp³-hybridized carbons (Fsp3) is 0.280. The van der Waals surface area contributed by atoms with E-state index in [1.165, 1.54) is 7.11 Å². The van der Waals surface area contributed by atoms with E-state index in [1.807, 2.05) is 24.3 Å². The van der Waals surface area contributed by atoms with Crippen molar-refractivity contribution < 1.29 is 24.2 Å². The first-order valence-electron chi connectivity index (χ1n) is 10.1. The van der Waals surface area contributed by atoms with Gasteiger partial charge in [-0.15, -0.1) is 0 Å². The lowest BCUT2D eigenvalue weighted by Gasteiger charge is -2.10. The van der Waals surface area contributed by atoms with Crippen LogP contribution in [0.1, 0.15) is 53.9 Å². The normalized spacial score (nSPS) is 11.7. The largest absolute Gasteiger partial charge is 0.496 e. The number of benzene rings is 2. The van der Waals surface area contributed by atoms with Gasteiger partial charge in [-0.25, -0.2) is 9.59 Å². The number of nitrogens with zero attached hydrogens (tertiary/aromatic N) is 1. The summed E-state index contributed by atoms with van der Waals surface area (Å²) in [7, 11) is 2.93. The molecule has 0 bridgehead atoms. The molecule has 162 valence electrons. The molecule has 0 aliphatic heterocycles.